The van der Waals surface area contributed by atoms with Crippen LogP contribution in [0.3, 0.4) is 0 Å². The highest BCUT2D eigenvalue weighted by atomic mass is 32.2. The SMILES string of the molecule is CC[C@H]1CCCCN1C(=O)CSc1nc2ccccc2c(=O)n1CC(C)C. The number of hydrogen-bond acceptors (Lipinski definition) is 4. The minimum atomic E-state index is -0.0198. The number of carbonyl (C=O) groups is 1. The summed E-state index contributed by atoms with van der Waals surface area (Å²) in [7, 11) is 0. The smallest absolute Gasteiger partial charge is 0.262 e. The number of para-hydroxylation sites is 1. The van der Waals surface area contributed by atoms with Gasteiger partial charge >= 0.3 is 0 Å². The van der Waals surface area contributed by atoms with Gasteiger partial charge in [0.1, 0.15) is 0 Å². The lowest BCUT2D eigenvalue weighted by atomic mass is 10.0. The molecule has 1 atom stereocenters. The van der Waals surface area contributed by atoms with Crippen LogP contribution in [-0.2, 0) is 11.3 Å². The summed E-state index contributed by atoms with van der Waals surface area (Å²) in [6.07, 6.45) is 4.39. The first-order valence-corrected chi connectivity index (χ1v) is 10.9. The third-order valence-corrected chi connectivity index (χ3v) is 6.08. The Balaban J connectivity index is 1.85. The number of carbonyl (C=O) groups excluding carboxylic acids is 1. The van der Waals surface area contributed by atoms with Gasteiger partial charge in [0, 0.05) is 19.1 Å². The van der Waals surface area contributed by atoms with Crippen molar-refractivity contribution in [2.24, 2.45) is 5.92 Å². The second-order valence-electron chi connectivity index (χ2n) is 7.65. The number of benzene rings is 1. The molecule has 2 heterocycles. The Bertz CT molecular complexity index is 862. The topological polar surface area (TPSA) is 55.2 Å². The van der Waals surface area contributed by atoms with Crippen molar-refractivity contribution in [3.8, 4) is 0 Å². The first kappa shape index (κ1) is 19.9. The van der Waals surface area contributed by atoms with Crippen molar-refractivity contribution in [3.05, 3.63) is 34.6 Å². The summed E-state index contributed by atoms with van der Waals surface area (Å²) in [5.74, 6) is 0.816. The van der Waals surface area contributed by atoms with Gasteiger partial charge in [0.05, 0.1) is 16.7 Å². The number of fused-ring (bicyclic) bond motifs is 1. The monoisotopic (exact) mass is 387 g/mol. The first-order chi connectivity index (χ1) is 13.0. The number of thioether (sulfide) groups is 1. The Morgan fingerprint density at radius 3 is 2.81 bits per heavy atom. The fraction of sp³-hybridized carbons (Fsp3) is 0.571. The zero-order valence-electron chi connectivity index (χ0n) is 16.5. The summed E-state index contributed by atoms with van der Waals surface area (Å²) < 4.78 is 1.73. The van der Waals surface area contributed by atoms with Crippen molar-refractivity contribution in [1.29, 1.82) is 0 Å². The van der Waals surface area contributed by atoms with E-state index in [-0.39, 0.29) is 11.5 Å². The van der Waals surface area contributed by atoms with Crippen molar-refractivity contribution >= 4 is 28.6 Å². The Kier molecular flexibility index (Phi) is 6.58. The van der Waals surface area contributed by atoms with E-state index in [9.17, 15) is 9.59 Å². The molecule has 6 heteroatoms. The van der Waals surface area contributed by atoms with E-state index < -0.39 is 0 Å². The van der Waals surface area contributed by atoms with Gasteiger partial charge in [0.2, 0.25) is 5.91 Å². The van der Waals surface area contributed by atoms with Gasteiger partial charge in [-0.15, -0.1) is 0 Å². The molecule has 0 radical (unpaired) electrons. The van der Waals surface area contributed by atoms with Crippen LogP contribution in [0, 0.1) is 5.92 Å². The van der Waals surface area contributed by atoms with Gasteiger partial charge in [-0.25, -0.2) is 4.98 Å². The number of likely N-dealkylation sites (tertiary alicyclic amines) is 1. The standard InChI is InChI=1S/C21H29N3O2S/c1-4-16-9-7-8-12-23(16)19(25)14-27-21-22-18-11-6-5-10-17(18)20(26)24(21)13-15(2)3/h5-6,10-11,15-16H,4,7-9,12-14H2,1-3H3/t16-/m0/s1. The van der Waals surface area contributed by atoms with Crippen LogP contribution in [0.15, 0.2) is 34.2 Å². The molecule has 2 aromatic rings. The minimum Gasteiger partial charge on any atom is -0.339 e. The van der Waals surface area contributed by atoms with Crippen LogP contribution >= 0.6 is 11.8 Å². The van der Waals surface area contributed by atoms with E-state index in [1.54, 1.807) is 4.57 Å². The Labute approximate surface area is 165 Å². The molecule has 27 heavy (non-hydrogen) atoms. The number of aromatic nitrogens is 2. The maximum Gasteiger partial charge on any atom is 0.262 e. The second-order valence-corrected chi connectivity index (χ2v) is 8.60. The van der Waals surface area contributed by atoms with Crippen LogP contribution < -0.4 is 5.56 Å². The molecule has 0 saturated carbocycles. The van der Waals surface area contributed by atoms with Gasteiger partial charge in [0.25, 0.3) is 5.56 Å². The number of rotatable bonds is 6. The minimum absolute atomic E-state index is 0.0198. The first-order valence-electron chi connectivity index (χ1n) is 9.93. The van der Waals surface area contributed by atoms with Gasteiger partial charge in [0.15, 0.2) is 5.16 Å². The van der Waals surface area contributed by atoms with Crippen LogP contribution in [0.2, 0.25) is 0 Å². The summed E-state index contributed by atoms with van der Waals surface area (Å²) >= 11 is 1.39. The zero-order chi connectivity index (χ0) is 19.4. The van der Waals surface area contributed by atoms with E-state index in [1.807, 2.05) is 29.2 Å². The Morgan fingerprint density at radius 1 is 1.30 bits per heavy atom. The van der Waals surface area contributed by atoms with E-state index in [1.165, 1.54) is 18.2 Å². The molecule has 3 rings (SSSR count). The number of hydrogen-bond donors (Lipinski definition) is 0. The average molecular weight is 388 g/mol. The number of nitrogens with zero attached hydrogens (tertiary/aromatic N) is 3. The fourth-order valence-corrected chi connectivity index (χ4v) is 4.64. The maximum atomic E-state index is 12.9. The summed E-state index contributed by atoms with van der Waals surface area (Å²) in [6.45, 7) is 7.77. The third kappa shape index (κ3) is 4.54. The molecule has 1 aromatic carbocycles. The highest BCUT2D eigenvalue weighted by Gasteiger charge is 2.25. The quantitative estimate of drug-likeness (QED) is 0.557. The van der Waals surface area contributed by atoms with Crippen molar-refractivity contribution < 1.29 is 4.79 Å². The number of amides is 1. The van der Waals surface area contributed by atoms with Gasteiger partial charge < -0.3 is 4.90 Å². The molecule has 5 nitrogen and oxygen atoms in total. The molecule has 1 aromatic heterocycles. The van der Waals surface area contributed by atoms with E-state index in [0.29, 0.717) is 40.3 Å². The van der Waals surface area contributed by atoms with E-state index in [2.05, 4.69) is 20.8 Å². The lowest BCUT2D eigenvalue weighted by Crippen LogP contribution is -2.44. The summed E-state index contributed by atoms with van der Waals surface area (Å²) in [5.41, 5.74) is 0.676. The van der Waals surface area contributed by atoms with Crippen molar-refractivity contribution in [2.45, 2.75) is 64.2 Å². The van der Waals surface area contributed by atoms with Gasteiger partial charge in [-0.1, -0.05) is 44.7 Å². The van der Waals surface area contributed by atoms with Crippen LogP contribution in [-0.4, -0.2) is 38.7 Å². The highest BCUT2D eigenvalue weighted by molar-refractivity contribution is 7.99. The molecule has 146 valence electrons. The molecular formula is C21H29N3O2S. The van der Waals surface area contributed by atoms with E-state index >= 15 is 0 Å². The van der Waals surface area contributed by atoms with Gasteiger partial charge in [-0.2, -0.15) is 0 Å². The van der Waals surface area contributed by atoms with E-state index in [4.69, 9.17) is 4.98 Å². The molecule has 0 spiro atoms. The summed E-state index contributed by atoms with van der Waals surface area (Å²) in [6, 6.07) is 7.79. The number of piperidine rings is 1. The summed E-state index contributed by atoms with van der Waals surface area (Å²) in [4.78, 5) is 32.5. The van der Waals surface area contributed by atoms with Crippen LogP contribution in [0.1, 0.15) is 46.5 Å². The molecule has 1 aliphatic heterocycles. The average Bonchev–Trinajstić information content (AvgIpc) is 2.68. The van der Waals surface area contributed by atoms with Crippen LogP contribution in [0.5, 0.6) is 0 Å². The third-order valence-electron chi connectivity index (χ3n) is 5.12. The molecule has 0 unspecified atom stereocenters. The predicted molar refractivity (Wildman–Crippen MR) is 111 cm³/mol. The largest absolute Gasteiger partial charge is 0.339 e. The van der Waals surface area contributed by atoms with Gasteiger partial charge in [-0.3, -0.25) is 14.2 Å². The molecule has 0 bridgehead atoms. The normalized spacial score (nSPS) is 17.6. The van der Waals surface area contributed by atoms with Gasteiger partial charge in [-0.05, 0) is 43.7 Å². The molecular weight excluding hydrogens is 358 g/mol. The highest BCUT2D eigenvalue weighted by Crippen LogP contribution is 2.23. The lowest BCUT2D eigenvalue weighted by Gasteiger charge is -2.35. The van der Waals surface area contributed by atoms with Crippen molar-refractivity contribution in [2.75, 3.05) is 12.3 Å². The molecule has 1 saturated heterocycles. The van der Waals surface area contributed by atoms with Crippen LogP contribution in [0.4, 0.5) is 0 Å². The maximum absolute atomic E-state index is 12.9. The molecule has 0 N–H and O–H groups in total. The van der Waals surface area contributed by atoms with Crippen LogP contribution in [0.25, 0.3) is 10.9 Å². The van der Waals surface area contributed by atoms with E-state index in [0.717, 1.165) is 25.8 Å². The molecule has 1 fully saturated rings. The molecule has 0 aliphatic carbocycles. The second kappa shape index (κ2) is 8.91. The van der Waals surface area contributed by atoms with Crippen molar-refractivity contribution in [1.82, 2.24) is 14.5 Å². The van der Waals surface area contributed by atoms with Crippen molar-refractivity contribution in [3.63, 3.8) is 0 Å². The lowest BCUT2D eigenvalue weighted by molar-refractivity contribution is -0.132. The fourth-order valence-electron chi connectivity index (χ4n) is 3.75. The molecule has 1 aliphatic rings. The molecule has 1 amide bonds. The predicted octanol–water partition coefficient (Wildman–Crippen LogP) is 3.94. The Hall–Kier alpha value is -1.82. The Morgan fingerprint density at radius 2 is 2.07 bits per heavy atom. The summed E-state index contributed by atoms with van der Waals surface area (Å²) in [5, 5.41) is 1.28. The zero-order valence-corrected chi connectivity index (χ0v) is 17.3.